The van der Waals surface area contributed by atoms with Crippen LogP contribution in [0.4, 0.5) is 0 Å². The zero-order valence-electron chi connectivity index (χ0n) is 26.8. The number of carbonyl (C=O) groups is 1. The van der Waals surface area contributed by atoms with Gasteiger partial charge in [0, 0.05) is 12.0 Å². The van der Waals surface area contributed by atoms with Crippen molar-refractivity contribution in [1.29, 1.82) is 0 Å². The van der Waals surface area contributed by atoms with Crippen molar-refractivity contribution in [3.8, 4) is 17.2 Å². The molecule has 43 heavy (non-hydrogen) atoms. The van der Waals surface area contributed by atoms with Crippen LogP contribution in [0.15, 0.2) is 66.7 Å². The lowest BCUT2D eigenvalue weighted by atomic mass is 9.70. The molecule has 1 aliphatic rings. The first kappa shape index (κ1) is 32.6. The summed E-state index contributed by atoms with van der Waals surface area (Å²) in [5.41, 5.74) is 3.42. The third-order valence-corrected chi connectivity index (χ3v) is 8.67. The summed E-state index contributed by atoms with van der Waals surface area (Å²) in [4.78, 5) is 13.7. The number of ether oxygens (including phenoxy) is 3. The summed E-state index contributed by atoms with van der Waals surface area (Å²) in [6.07, 6.45) is 14.5. The number of carbonyl (C=O) groups excluding carboxylic acids is 1. The Hall–Kier alpha value is -3.27. The topological polar surface area (TPSA) is 44.8 Å². The highest BCUT2D eigenvalue weighted by Gasteiger charge is 2.46. The standard InChI is InChI=1S/C39H52O4/c1-4-7-10-13-26-41-33-20-16-31(17-21-33)39(32-18-22-34(23-19-32)42-27-14-11-8-5-2)30-38(40)36-29-35(24-25-37(36)39)43-28-15-12-9-6-3/h16-25,29H,4-15,26-28,30H2,1-3H3. The van der Waals surface area contributed by atoms with Crippen LogP contribution in [-0.4, -0.2) is 25.6 Å². The van der Waals surface area contributed by atoms with E-state index in [1.54, 1.807) is 0 Å². The molecule has 0 saturated heterocycles. The van der Waals surface area contributed by atoms with Gasteiger partial charge in [0.05, 0.1) is 25.2 Å². The quantitative estimate of drug-likeness (QED) is 0.124. The van der Waals surface area contributed by atoms with E-state index < -0.39 is 5.41 Å². The van der Waals surface area contributed by atoms with Gasteiger partial charge in [-0.1, -0.05) is 109 Å². The highest BCUT2D eigenvalue weighted by molar-refractivity contribution is 6.04. The summed E-state index contributed by atoms with van der Waals surface area (Å²) < 4.78 is 18.2. The van der Waals surface area contributed by atoms with E-state index in [2.05, 4.69) is 75.4 Å². The van der Waals surface area contributed by atoms with E-state index in [-0.39, 0.29) is 5.78 Å². The number of fused-ring (bicyclic) bond motifs is 1. The molecule has 0 radical (unpaired) electrons. The molecule has 0 heterocycles. The Morgan fingerprint density at radius 2 is 0.953 bits per heavy atom. The van der Waals surface area contributed by atoms with E-state index in [4.69, 9.17) is 14.2 Å². The predicted octanol–water partition coefficient (Wildman–Crippen LogP) is 10.5. The zero-order chi connectivity index (χ0) is 30.3. The summed E-state index contributed by atoms with van der Waals surface area (Å²) in [7, 11) is 0. The summed E-state index contributed by atoms with van der Waals surface area (Å²) in [5, 5.41) is 0. The monoisotopic (exact) mass is 584 g/mol. The summed E-state index contributed by atoms with van der Waals surface area (Å²) in [6, 6.07) is 22.9. The van der Waals surface area contributed by atoms with Crippen LogP contribution in [0.1, 0.15) is 131 Å². The largest absolute Gasteiger partial charge is 0.494 e. The smallest absolute Gasteiger partial charge is 0.164 e. The molecule has 0 amide bonds. The average Bonchev–Trinajstić information content (AvgIpc) is 3.33. The molecule has 3 aromatic carbocycles. The maximum absolute atomic E-state index is 13.7. The molecule has 0 aliphatic heterocycles. The van der Waals surface area contributed by atoms with Gasteiger partial charge in [0.25, 0.3) is 0 Å². The predicted molar refractivity (Wildman–Crippen MR) is 177 cm³/mol. The molecule has 4 nitrogen and oxygen atoms in total. The molecule has 0 bridgehead atoms. The second-order valence-electron chi connectivity index (χ2n) is 12.0. The van der Waals surface area contributed by atoms with Crippen LogP contribution >= 0.6 is 0 Å². The van der Waals surface area contributed by atoms with Crippen molar-refractivity contribution in [2.75, 3.05) is 19.8 Å². The van der Waals surface area contributed by atoms with Gasteiger partial charge < -0.3 is 14.2 Å². The Kier molecular flexibility index (Phi) is 13.0. The Balaban J connectivity index is 1.59. The van der Waals surface area contributed by atoms with E-state index in [1.165, 1.54) is 57.8 Å². The molecule has 0 saturated carbocycles. The Morgan fingerprint density at radius 3 is 1.40 bits per heavy atom. The second kappa shape index (κ2) is 17.1. The van der Waals surface area contributed by atoms with Crippen molar-refractivity contribution < 1.29 is 19.0 Å². The molecule has 4 rings (SSSR count). The van der Waals surface area contributed by atoms with Crippen LogP contribution in [0.2, 0.25) is 0 Å². The normalized spacial score (nSPS) is 13.6. The van der Waals surface area contributed by atoms with Crippen LogP contribution < -0.4 is 14.2 Å². The second-order valence-corrected chi connectivity index (χ2v) is 12.0. The van der Waals surface area contributed by atoms with Crippen molar-refractivity contribution in [3.05, 3.63) is 89.0 Å². The lowest BCUT2D eigenvalue weighted by molar-refractivity contribution is 0.0984. The molecule has 0 spiro atoms. The molecular formula is C39H52O4. The fourth-order valence-corrected chi connectivity index (χ4v) is 6.16. The van der Waals surface area contributed by atoms with Crippen LogP contribution in [-0.2, 0) is 5.41 Å². The first-order valence-corrected chi connectivity index (χ1v) is 16.9. The van der Waals surface area contributed by atoms with Crippen LogP contribution in [0.5, 0.6) is 17.2 Å². The van der Waals surface area contributed by atoms with Gasteiger partial charge in [0.15, 0.2) is 5.78 Å². The Labute approximate surface area is 260 Å². The fourth-order valence-electron chi connectivity index (χ4n) is 6.16. The molecule has 4 heteroatoms. The number of hydrogen-bond donors (Lipinski definition) is 0. The lowest BCUT2D eigenvalue weighted by Gasteiger charge is -2.32. The highest BCUT2D eigenvalue weighted by atomic mass is 16.5. The molecular weight excluding hydrogens is 532 g/mol. The third-order valence-electron chi connectivity index (χ3n) is 8.67. The zero-order valence-corrected chi connectivity index (χ0v) is 26.8. The van der Waals surface area contributed by atoms with Crippen LogP contribution in [0.3, 0.4) is 0 Å². The van der Waals surface area contributed by atoms with Crippen LogP contribution in [0.25, 0.3) is 0 Å². The molecule has 1 aliphatic carbocycles. The SMILES string of the molecule is CCCCCCOc1ccc(C2(c3ccc(OCCCCCC)cc3)CC(=O)c3cc(OCCCCCC)ccc32)cc1. The van der Waals surface area contributed by atoms with Gasteiger partial charge in [-0.3, -0.25) is 4.79 Å². The molecule has 232 valence electrons. The maximum atomic E-state index is 13.7. The first-order chi connectivity index (χ1) is 21.1. The fraction of sp³-hybridized carbons (Fsp3) is 0.513. The molecule has 0 aromatic heterocycles. The first-order valence-electron chi connectivity index (χ1n) is 16.9. The van der Waals surface area contributed by atoms with Crippen LogP contribution in [0, 0.1) is 0 Å². The maximum Gasteiger partial charge on any atom is 0.164 e. The van der Waals surface area contributed by atoms with Gasteiger partial charge in [-0.05, 0) is 72.4 Å². The van der Waals surface area contributed by atoms with E-state index in [1.807, 2.05) is 12.1 Å². The van der Waals surface area contributed by atoms with Gasteiger partial charge in [-0.2, -0.15) is 0 Å². The van der Waals surface area contributed by atoms with Crippen molar-refractivity contribution in [3.63, 3.8) is 0 Å². The molecule has 0 N–H and O–H groups in total. The van der Waals surface area contributed by atoms with Crippen molar-refractivity contribution in [2.24, 2.45) is 0 Å². The van der Waals surface area contributed by atoms with Gasteiger partial charge in [-0.25, -0.2) is 0 Å². The number of benzene rings is 3. The minimum Gasteiger partial charge on any atom is -0.494 e. The van der Waals surface area contributed by atoms with E-state index in [0.29, 0.717) is 13.0 Å². The number of unbranched alkanes of at least 4 members (excludes halogenated alkanes) is 9. The van der Waals surface area contributed by atoms with Crippen molar-refractivity contribution in [1.82, 2.24) is 0 Å². The van der Waals surface area contributed by atoms with Gasteiger partial charge in [0.1, 0.15) is 17.2 Å². The Bertz CT molecular complexity index is 1190. The molecule has 0 atom stereocenters. The summed E-state index contributed by atoms with van der Waals surface area (Å²) >= 11 is 0. The number of rotatable bonds is 20. The molecule has 0 fully saturated rings. The summed E-state index contributed by atoms with van der Waals surface area (Å²) in [5.74, 6) is 2.68. The van der Waals surface area contributed by atoms with E-state index in [9.17, 15) is 4.79 Å². The molecule has 3 aromatic rings. The molecule has 0 unspecified atom stereocenters. The third kappa shape index (κ3) is 8.65. The average molecular weight is 585 g/mol. The van der Waals surface area contributed by atoms with Gasteiger partial charge >= 0.3 is 0 Å². The van der Waals surface area contributed by atoms with Gasteiger partial charge in [-0.15, -0.1) is 0 Å². The minimum absolute atomic E-state index is 0.152. The van der Waals surface area contributed by atoms with E-state index >= 15 is 0 Å². The summed E-state index contributed by atoms with van der Waals surface area (Å²) in [6.45, 7) is 8.79. The number of hydrogen-bond acceptors (Lipinski definition) is 4. The lowest BCUT2D eigenvalue weighted by Crippen LogP contribution is -2.27. The van der Waals surface area contributed by atoms with E-state index in [0.717, 1.165) is 72.0 Å². The number of Topliss-reactive ketones (excluding diaryl/α,β-unsaturated/α-hetero) is 1. The van der Waals surface area contributed by atoms with Gasteiger partial charge in [0.2, 0.25) is 0 Å². The van der Waals surface area contributed by atoms with Crippen molar-refractivity contribution in [2.45, 2.75) is 110 Å². The highest BCUT2D eigenvalue weighted by Crippen LogP contribution is 2.50. The number of ketones is 1. The van der Waals surface area contributed by atoms with Crippen molar-refractivity contribution >= 4 is 5.78 Å². The Morgan fingerprint density at radius 1 is 0.535 bits per heavy atom. The minimum atomic E-state index is -0.578.